The second kappa shape index (κ2) is 2.49. The van der Waals surface area contributed by atoms with Gasteiger partial charge < -0.3 is 4.57 Å². The molecule has 0 saturated carbocycles. The zero-order valence-corrected chi connectivity index (χ0v) is 7.40. The number of hydrogen-bond donors (Lipinski definition) is 0. The summed E-state index contributed by atoms with van der Waals surface area (Å²) in [7, 11) is 0. The van der Waals surface area contributed by atoms with Crippen LogP contribution in [-0.2, 0) is 6.42 Å². The highest BCUT2D eigenvalue weighted by molar-refractivity contribution is 5.83. The third-order valence-electron chi connectivity index (χ3n) is 2.65. The number of allylic oxidation sites excluding steroid dienone is 1. The summed E-state index contributed by atoms with van der Waals surface area (Å²) >= 11 is 0. The lowest BCUT2D eigenvalue weighted by Crippen LogP contribution is -1.98. The number of nitrogens with zero attached hydrogens (tertiary/aromatic N) is 1. The Hall–Kier alpha value is -1.50. The van der Waals surface area contributed by atoms with E-state index in [0.29, 0.717) is 0 Å². The Morgan fingerprint density at radius 1 is 1.15 bits per heavy atom. The fourth-order valence-electron chi connectivity index (χ4n) is 2.01. The van der Waals surface area contributed by atoms with Crippen LogP contribution in [0.1, 0.15) is 12.1 Å². The van der Waals surface area contributed by atoms with E-state index >= 15 is 0 Å². The summed E-state index contributed by atoms with van der Waals surface area (Å²) in [6.07, 6.45) is 6.77. The standard InChI is InChI=1S/C12H11N/c1-2-7-12-10(5-1)9-11-6-3-4-8-13(11)12/h1-2,4-5,7-9H,3,6H2. The highest BCUT2D eigenvalue weighted by Crippen LogP contribution is 2.23. The summed E-state index contributed by atoms with van der Waals surface area (Å²) in [4.78, 5) is 0. The van der Waals surface area contributed by atoms with Crippen molar-refractivity contribution >= 4 is 17.1 Å². The number of hydrogen-bond acceptors (Lipinski definition) is 0. The molecule has 0 spiro atoms. The van der Waals surface area contributed by atoms with Crippen molar-refractivity contribution in [1.29, 1.82) is 0 Å². The van der Waals surface area contributed by atoms with E-state index in [1.165, 1.54) is 29.4 Å². The van der Waals surface area contributed by atoms with Crippen LogP contribution in [0.15, 0.2) is 36.4 Å². The SMILES string of the molecule is C1=Cn2c(cc3ccccc32)CC1. The topological polar surface area (TPSA) is 4.93 Å². The Balaban J connectivity index is 2.42. The molecular weight excluding hydrogens is 158 g/mol. The van der Waals surface area contributed by atoms with Crippen molar-refractivity contribution in [2.24, 2.45) is 0 Å². The molecule has 0 aliphatic carbocycles. The first-order chi connectivity index (χ1) is 6.45. The first kappa shape index (κ1) is 6.96. The van der Waals surface area contributed by atoms with Gasteiger partial charge in [-0.05, 0) is 25.0 Å². The van der Waals surface area contributed by atoms with E-state index in [1.54, 1.807) is 0 Å². The molecule has 1 aliphatic rings. The van der Waals surface area contributed by atoms with Crippen molar-refractivity contribution in [2.45, 2.75) is 12.8 Å². The van der Waals surface area contributed by atoms with Crippen LogP contribution >= 0.6 is 0 Å². The molecule has 1 heteroatoms. The number of fused-ring (bicyclic) bond motifs is 3. The summed E-state index contributed by atoms with van der Waals surface area (Å²) in [6, 6.07) is 10.8. The number of aromatic nitrogens is 1. The maximum absolute atomic E-state index is 2.29. The first-order valence-electron chi connectivity index (χ1n) is 4.71. The van der Waals surface area contributed by atoms with Gasteiger partial charge in [0.05, 0.1) is 5.52 Å². The van der Waals surface area contributed by atoms with Crippen LogP contribution < -0.4 is 0 Å². The Morgan fingerprint density at radius 3 is 3.08 bits per heavy atom. The molecule has 1 aromatic carbocycles. The zero-order valence-electron chi connectivity index (χ0n) is 7.40. The normalized spacial score (nSPS) is 14.8. The van der Waals surface area contributed by atoms with E-state index in [1.807, 2.05) is 0 Å². The lowest BCUT2D eigenvalue weighted by molar-refractivity contribution is 0.890. The maximum atomic E-state index is 2.29. The Labute approximate surface area is 77.3 Å². The lowest BCUT2D eigenvalue weighted by Gasteiger charge is -2.08. The van der Waals surface area contributed by atoms with Gasteiger partial charge in [-0.1, -0.05) is 24.3 Å². The first-order valence-corrected chi connectivity index (χ1v) is 4.71. The quantitative estimate of drug-likeness (QED) is 0.571. The van der Waals surface area contributed by atoms with Crippen molar-refractivity contribution < 1.29 is 0 Å². The Morgan fingerprint density at radius 2 is 2.08 bits per heavy atom. The van der Waals surface area contributed by atoms with E-state index in [-0.39, 0.29) is 0 Å². The van der Waals surface area contributed by atoms with Gasteiger partial charge in [0.2, 0.25) is 0 Å². The predicted octanol–water partition coefficient (Wildman–Crippen LogP) is 3.06. The molecule has 2 heterocycles. The molecule has 3 rings (SSSR count). The maximum Gasteiger partial charge on any atom is 0.0525 e. The van der Waals surface area contributed by atoms with Gasteiger partial charge in [0, 0.05) is 17.3 Å². The van der Waals surface area contributed by atoms with Gasteiger partial charge >= 0.3 is 0 Å². The Kier molecular flexibility index (Phi) is 1.33. The molecule has 0 unspecified atom stereocenters. The van der Waals surface area contributed by atoms with Crippen LogP contribution in [0.3, 0.4) is 0 Å². The zero-order chi connectivity index (χ0) is 8.67. The minimum absolute atomic E-state index is 1.17. The van der Waals surface area contributed by atoms with Crippen molar-refractivity contribution in [2.75, 3.05) is 0 Å². The molecule has 13 heavy (non-hydrogen) atoms. The Bertz CT molecular complexity index is 477. The van der Waals surface area contributed by atoms with Crippen LogP contribution in [0.5, 0.6) is 0 Å². The number of para-hydroxylation sites is 1. The molecule has 1 nitrogen and oxygen atoms in total. The van der Waals surface area contributed by atoms with Gasteiger partial charge in [0.1, 0.15) is 0 Å². The molecule has 1 aromatic heterocycles. The van der Waals surface area contributed by atoms with E-state index in [4.69, 9.17) is 0 Å². The van der Waals surface area contributed by atoms with Crippen LogP contribution in [0.25, 0.3) is 17.1 Å². The molecule has 0 amide bonds. The number of benzene rings is 1. The molecule has 0 saturated heterocycles. The van der Waals surface area contributed by atoms with Gasteiger partial charge in [0.25, 0.3) is 0 Å². The van der Waals surface area contributed by atoms with Gasteiger partial charge in [-0.3, -0.25) is 0 Å². The molecule has 2 aromatic rings. The van der Waals surface area contributed by atoms with E-state index in [0.717, 1.165) is 0 Å². The summed E-state index contributed by atoms with van der Waals surface area (Å²) in [5.41, 5.74) is 2.76. The van der Waals surface area contributed by atoms with E-state index in [2.05, 4.69) is 47.2 Å². The third kappa shape index (κ3) is 0.934. The summed E-state index contributed by atoms with van der Waals surface area (Å²) in [5, 5.41) is 1.35. The molecule has 0 fully saturated rings. The van der Waals surface area contributed by atoms with Crippen LogP contribution in [-0.4, -0.2) is 4.57 Å². The molecule has 64 valence electrons. The fourth-order valence-corrected chi connectivity index (χ4v) is 2.01. The second-order valence-corrected chi connectivity index (χ2v) is 3.49. The largest absolute Gasteiger partial charge is 0.321 e. The van der Waals surface area contributed by atoms with Crippen molar-refractivity contribution in [3.63, 3.8) is 0 Å². The molecule has 0 atom stereocenters. The van der Waals surface area contributed by atoms with Crippen molar-refractivity contribution in [3.8, 4) is 0 Å². The molecule has 1 aliphatic heterocycles. The van der Waals surface area contributed by atoms with Crippen LogP contribution in [0.4, 0.5) is 0 Å². The third-order valence-corrected chi connectivity index (χ3v) is 2.65. The monoisotopic (exact) mass is 169 g/mol. The van der Waals surface area contributed by atoms with Gasteiger partial charge in [-0.2, -0.15) is 0 Å². The number of aryl methyl sites for hydroxylation is 1. The van der Waals surface area contributed by atoms with E-state index in [9.17, 15) is 0 Å². The van der Waals surface area contributed by atoms with Crippen molar-refractivity contribution in [1.82, 2.24) is 4.57 Å². The van der Waals surface area contributed by atoms with Gasteiger partial charge in [-0.25, -0.2) is 0 Å². The summed E-state index contributed by atoms with van der Waals surface area (Å²) < 4.78 is 2.29. The molecule has 0 radical (unpaired) electrons. The van der Waals surface area contributed by atoms with Crippen LogP contribution in [0, 0.1) is 0 Å². The highest BCUT2D eigenvalue weighted by atomic mass is 15.0. The second-order valence-electron chi connectivity index (χ2n) is 3.49. The lowest BCUT2D eigenvalue weighted by atomic mass is 10.2. The molecular formula is C12H11N. The minimum Gasteiger partial charge on any atom is -0.321 e. The van der Waals surface area contributed by atoms with Gasteiger partial charge in [0.15, 0.2) is 0 Å². The highest BCUT2D eigenvalue weighted by Gasteiger charge is 2.07. The van der Waals surface area contributed by atoms with Gasteiger partial charge in [-0.15, -0.1) is 0 Å². The average Bonchev–Trinajstić information content (AvgIpc) is 2.56. The molecule has 0 N–H and O–H groups in total. The van der Waals surface area contributed by atoms with Crippen LogP contribution in [0.2, 0.25) is 0 Å². The van der Waals surface area contributed by atoms with Crippen molar-refractivity contribution in [3.05, 3.63) is 42.1 Å². The minimum atomic E-state index is 1.17. The summed E-state index contributed by atoms with van der Waals surface area (Å²) in [6.45, 7) is 0. The summed E-state index contributed by atoms with van der Waals surface area (Å²) in [5.74, 6) is 0. The average molecular weight is 169 g/mol. The fraction of sp³-hybridized carbons (Fsp3) is 0.167. The predicted molar refractivity (Wildman–Crippen MR) is 55.6 cm³/mol. The smallest absolute Gasteiger partial charge is 0.0525 e. The molecule has 0 bridgehead atoms. The van der Waals surface area contributed by atoms with E-state index < -0.39 is 0 Å². The number of rotatable bonds is 0.